The van der Waals surface area contributed by atoms with Crippen molar-refractivity contribution in [3.05, 3.63) is 77.6 Å². The molecule has 2 aromatic rings. The summed E-state index contributed by atoms with van der Waals surface area (Å²) in [6.45, 7) is 7.73. The van der Waals surface area contributed by atoms with Crippen LogP contribution < -0.4 is 10.1 Å². The van der Waals surface area contributed by atoms with E-state index in [1.54, 1.807) is 43.3 Å². The molecule has 0 radical (unpaired) electrons. The van der Waals surface area contributed by atoms with E-state index in [0.29, 0.717) is 23.5 Å². The van der Waals surface area contributed by atoms with Gasteiger partial charge in [0.15, 0.2) is 0 Å². The summed E-state index contributed by atoms with van der Waals surface area (Å²) in [6.07, 6.45) is 0. The van der Waals surface area contributed by atoms with E-state index in [1.807, 2.05) is 6.92 Å². The Morgan fingerprint density at radius 2 is 1.93 bits per heavy atom. The highest BCUT2D eigenvalue weighted by Crippen LogP contribution is 2.31. The standard InChI is InChI=1S/C21H21FN2O3/c1-14(2)13-27-18-9-7-16(8-10-18)21(3)19(25)24(20(26)23-21)12-15-5-4-6-17(22)11-15/h4-11H,1,12-13H2,2-3H3,(H,23,26). The van der Waals surface area contributed by atoms with Gasteiger partial charge < -0.3 is 10.1 Å². The van der Waals surface area contributed by atoms with Gasteiger partial charge >= 0.3 is 6.03 Å². The number of carbonyl (C=O) groups excluding carboxylic acids is 2. The van der Waals surface area contributed by atoms with Gasteiger partial charge in [-0.3, -0.25) is 9.69 Å². The molecule has 0 spiro atoms. The number of imide groups is 1. The summed E-state index contributed by atoms with van der Waals surface area (Å²) in [5.74, 6) is -0.140. The molecule has 0 aromatic heterocycles. The van der Waals surface area contributed by atoms with Crippen molar-refractivity contribution in [1.82, 2.24) is 10.2 Å². The molecule has 1 fully saturated rings. The first-order valence-electron chi connectivity index (χ1n) is 8.56. The van der Waals surface area contributed by atoms with Crippen LogP contribution in [0.1, 0.15) is 25.0 Å². The van der Waals surface area contributed by atoms with E-state index in [9.17, 15) is 14.0 Å². The average molecular weight is 368 g/mol. The van der Waals surface area contributed by atoms with Gasteiger partial charge in [0.1, 0.15) is 23.7 Å². The second kappa shape index (κ2) is 7.23. The van der Waals surface area contributed by atoms with Gasteiger partial charge in [-0.15, -0.1) is 0 Å². The number of nitrogens with one attached hydrogen (secondary N) is 1. The third-order valence-electron chi connectivity index (χ3n) is 4.42. The van der Waals surface area contributed by atoms with E-state index >= 15 is 0 Å². The summed E-state index contributed by atoms with van der Waals surface area (Å²) in [5, 5.41) is 2.74. The third-order valence-corrected chi connectivity index (χ3v) is 4.42. The summed E-state index contributed by atoms with van der Waals surface area (Å²) >= 11 is 0. The van der Waals surface area contributed by atoms with Crippen molar-refractivity contribution < 1.29 is 18.7 Å². The SMILES string of the molecule is C=C(C)COc1ccc(C2(C)NC(=O)N(Cc3cccc(F)c3)C2=O)cc1. The number of ether oxygens (including phenoxy) is 1. The van der Waals surface area contributed by atoms with Gasteiger partial charge in [-0.2, -0.15) is 0 Å². The first-order chi connectivity index (χ1) is 12.8. The van der Waals surface area contributed by atoms with Crippen molar-refractivity contribution in [2.45, 2.75) is 25.9 Å². The number of hydrogen-bond acceptors (Lipinski definition) is 3. The van der Waals surface area contributed by atoms with Crippen LogP contribution in [0.5, 0.6) is 5.75 Å². The Kier molecular flexibility index (Phi) is 4.99. The lowest BCUT2D eigenvalue weighted by atomic mass is 9.92. The fraction of sp³-hybridized carbons (Fsp3) is 0.238. The highest BCUT2D eigenvalue weighted by Gasteiger charge is 2.48. The summed E-state index contributed by atoms with van der Waals surface area (Å²) in [4.78, 5) is 26.4. The molecule has 2 aromatic carbocycles. The van der Waals surface area contributed by atoms with E-state index in [2.05, 4.69) is 11.9 Å². The minimum Gasteiger partial charge on any atom is -0.489 e. The normalized spacial score (nSPS) is 19.1. The molecule has 1 unspecified atom stereocenters. The van der Waals surface area contributed by atoms with Crippen LogP contribution in [0, 0.1) is 5.82 Å². The van der Waals surface area contributed by atoms with Crippen molar-refractivity contribution in [1.29, 1.82) is 0 Å². The van der Waals surface area contributed by atoms with Gasteiger partial charge in [-0.05, 0) is 54.8 Å². The monoisotopic (exact) mass is 368 g/mol. The minimum atomic E-state index is -1.18. The van der Waals surface area contributed by atoms with Crippen molar-refractivity contribution in [3.63, 3.8) is 0 Å². The topological polar surface area (TPSA) is 58.6 Å². The molecule has 1 aliphatic rings. The average Bonchev–Trinajstić information content (AvgIpc) is 2.84. The Morgan fingerprint density at radius 1 is 1.22 bits per heavy atom. The van der Waals surface area contributed by atoms with E-state index in [-0.39, 0.29) is 12.5 Å². The maximum Gasteiger partial charge on any atom is 0.325 e. The van der Waals surface area contributed by atoms with Gasteiger partial charge in [0.2, 0.25) is 0 Å². The first kappa shape index (κ1) is 18.6. The van der Waals surface area contributed by atoms with Crippen LogP contribution in [0.15, 0.2) is 60.7 Å². The highest BCUT2D eigenvalue weighted by molar-refractivity contribution is 6.07. The predicted molar refractivity (Wildman–Crippen MR) is 99.6 cm³/mol. The second-order valence-corrected chi connectivity index (χ2v) is 6.85. The van der Waals surface area contributed by atoms with Crippen molar-refractivity contribution >= 4 is 11.9 Å². The number of amides is 3. The second-order valence-electron chi connectivity index (χ2n) is 6.85. The van der Waals surface area contributed by atoms with Crippen LogP contribution in [0.4, 0.5) is 9.18 Å². The van der Waals surface area contributed by atoms with Gasteiger partial charge in [-0.1, -0.05) is 30.8 Å². The third kappa shape index (κ3) is 3.84. The molecule has 0 aliphatic carbocycles. The molecule has 1 N–H and O–H groups in total. The number of hydrogen-bond donors (Lipinski definition) is 1. The van der Waals surface area contributed by atoms with Gasteiger partial charge in [0.25, 0.3) is 5.91 Å². The van der Waals surface area contributed by atoms with Crippen LogP contribution in [-0.2, 0) is 16.9 Å². The van der Waals surface area contributed by atoms with Crippen LogP contribution in [0.3, 0.4) is 0 Å². The minimum absolute atomic E-state index is 0.0117. The lowest BCUT2D eigenvalue weighted by Gasteiger charge is -2.22. The van der Waals surface area contributed by atoms with Crippen molar-refractivity contribution in [2.24, 2.45) is 0 Å². The van der Waals surface area contributed by atoms with E-state index in [4.69, 9.17) is 4.74 Å². The van der Waals surface area contributed by atoms with E-state index < -0.39 is 17.4 Å². The molecular weight excluding hydrogens is 347 g/mol. The number of benzene rings is 2. The molecular formula is C21H21FN2O3. The molecule has 1 heterocycles. The number of carbonyl (C=O) groups is 2. The summed E-state index contributed by atoms with van der Waals surface area (Å²) in [7, 11) is 0. The summed E-state index contributed by atoms with van der Waals surface area (Å²) < 4.78 is 18.9. The number of urea groups is 1. The lowest BCUT2D eigenvalue weighted by molar-refractivity contribution is -0.131. The fourth-order valence-electron chi connectivity index (χ4n) is 2.95. The molecule has 0 bridgehead atoms. The number of rotatable bonds is 6. The van der Waals surface area contributed by atoms with Crippen LogP contribution >= 0.6 is 0 Å². The van der Waals surface area contributed by atoms with Crippen LogP contribution in [-0.4, -0.2) is 23.4 Å². The van der Waals surface area contributed by atoms with Crippen LogP contribution in [0.2, 0.25) is 0 Å². The lowest BCUT2D eigenvalue weighted by Crippen LogP contribution is -2.40. The number of halogens is 1. The van der Waals surface area contributed by atoms with E-state index in [0.717, 1.165) is 10.5 Å². The predicted octanol–water partition coefficient (Wildman–Crippen LogP) is 3.75. The van der Waals surface area contributed by atoms with Crippen LogP contribution in [0.25, 0.3) is 0 Å². The Bertz CT molecular complexity index is 895. The molecule has 1 aliphatic heterocycles. The molecule has 3 amide bonds. The first-order valence-corrected chi connectivity index (χ1v) is 8.56. The Balaban J connectivity index is 1.78. The summed E-state index contributed by atoms with van der Waals surface area (Å²) in [5.41, 5.74) is 0.908. The van der Waals surface area contributed by atoms with Crippen molar-refractivity contribution in [2.75, 3.05) is 6.61 Å². The smallest absolute Gasteiger partial charge is 0.325 e. The molecule has 27 heavy (non-hydrogen) atoms. The Hall–Kier alpha value is -3.15. The van der Waals surface area contributed by atoms with E-state index in [1.165, 1.54) is 12.1 Å². The molecule has 140 valence electrons. The quantitative estimate of drug-likeness (QED) is 0.624. The zero-order valence-corrected chi connectivity index (χ0v) is 15.3. The number of nitrogens with zero attached hydrogens (tertiary/aromatic N) is 1. The molecule has 3 rings (SSSR count). The molecule has 0 saturated carbocycles. The largest absolute Gasteiger partial charge is 0.489 e. The zero-order valence-electron chi connectivity index (χ0n) is 15.3. The fourth-order valence-corrected chi connectivity index (χ4v) is 2.95. The highest BCUT2D eigenvalue weighted by atomic mass is 19.1. The maximum absolute atomic E-state index is 13.4. The maximum atomic E-state index is 13.4. The van der Waals surface area contributed by atoms with Gasteiger partial charge in [0.05, 0.1) is 6.54 Å². The van der Waals surface area contributed by atoms with Crippen molar-refractivity contribution in [3.8, 4) is 5.75 Å². The molecule has 6 heteroatoms. The summed E-state index contributed by atoms with van der Waals surface area (Å²) in [6, 6.07) is 12.3. The molecule has 1 saturated heterocycles. The van der Waals surface area contributed by atoms with Gasteiger partial charge in [0, 0.05) is 0 Å². The molecule has 5 nitrogen and oxygen atoms in total. The Morgan fingerprint density at radius 3 is 2.56 bits per heavy atom. The van der Waals surface area contributed by atoms with Gasteiger partial charge in [-0.25, -0.2) is 9.18 Å². The molecule has 1 atom stereocenters. The Labute approximate surface area is 157 Å². The zero-order chi connectivity index (χ0) is 19.6.